The molecule has 2 aromatic carbocycles. The molecule has 2 amide bonds. The molecule has 3 heteroatoms. The Hall–Kier alpha value is -2.55. The van der Waals surface area contributed by atoms with E-state index in [9.17, 15) is 4.79 Å². The second-order valence-electron chi connectivity index (χ2n) is 5.09. The van der Waals surface area contributed by atoms with Crippen LogP contribution in [-0.4, -0.2) is 24.0 Å². The third kappa shape index (κ3) is 3.31. The van der Waals surface area contributed by atoms with Crippen LogP contribution in [0.25, 0.3) is 5.57 Å². The van der Waals surface area contributed by atoms with Crippen LogP contribution in [0.4, 0.5) is 10.5 Å². The smallest absolute Gasteiger partial charge is 0.320 e. The van der Waals surface area contributed by atoms with Gasteiger partial charge in [0.2, 0.25) is 0 Å². The van der Waals surface area contributed by atoms with Gasteiger partial charge in [0.1, 0.15) is 0 Å². The summed E-state index contributed by atoms with van der Waals surface area (Å²) in [7, 11) is 0. The monoisotopic (exact) mass is 278 g/mol. The van der Waals surface area contributed by atoms with Crippen molar-refractivity contribution in [2.24, 2.45) is 0 Å². The summed E-state index contributed by atoms with van der Waals surface area (Å²) in [5, 5.41) is 2.92. The minimum absolute atomic E-state index is 0.0374. The molecule has 1 heterocycles. The van der Waals surface area contributed by atoms with Crippen LogP contribution in [0.1, 0.15) is 12.0 Å². The van der Waals surface area contributed by atoms with Gasteiger partial charge in [0.05, 0.1) is 0 Å². The molecule has 3 nitrogen and oxygen atoms in total. The van der Waals surface area contributed by atoms with Crippen LogP contribution in [0.2, 0.25) is 0 Å². The van der Waals surface area contributed by atoms with Gasteiger partial charge >= 0.3 is 6.03 Å². The highest BCUT2D eigenvalue weighted by molar-refractivity contribution is 5.90. The molecule has 0 fully saturated rings. The highest BCUT2D eigenvalue weighted by Gasteiger charge is 2.17. The van der Waals surface area contributed by atoms with Gasteiger partial charge in [-0.3, -0.25) is 0 Å². The molecule has 0 aromatic heterocycles. The van der Waals surface area contributed by atoms with E-state index in [1.54, 1.807) is 0 Å². The number of carbonyl (C=O) groups is 1. The number of hydrogen-bond acceptors (Lipinski definition) is 1. The van der Waals surface area contributed by atoms with Crippen molar-refractivity contribution in [2.45, 2.75) is 6.42 Å². The number of urea groups is 1. The zero-order valence-electron chi connectivity index (χ0n) is 11.8. The lowest BCUT2D eigenvalue weighted by atomic mass is 10.00. The molecule has 3 rings (SSSR count). The average molecular weight is 278 g/mol. The number of hydrogen-bond donors (Lipinski definition) is 1. The maximum Gasteiger partial charge on any atom is 0.322 e. The Morgan fingerprint density at radius 1 is 0.952 bits per heavy atom. The number of amides is 2. The van der Waals surface area contributed by atoms with Gasteiger partial charge in [-0.05, 0) is 29.7 Å². The molecule has 0 saturated heterocycles. The SMILES string of the molecule is O=C(Nc1ccccc1)N1CC=C(c2ccccc2)CC1. The minimum atomic E-state index is -0.0374. The number of nitrogens with one attached hydrogen (secondary N) is 1. The van der Waals surface area contributed by atoms with E-state index in [1.807, 2.05) is 53.4 Å². The van der Waals surface area contributed by atoms with E-state index in [1.165, 1.54) is 11.1 Å². The maximum absolute atomic E-state index is 12.2. The Bertz CT molecular complexity index is 635. The molecular weight excluding hydrogens is 260 g/mol. The van der Waals surface area contributed by atoms with E-state index in [-0.39, 0.29) is 6.03 Å². The van der Waals surface area contributed by atoms with E-state index in [0.29, 0.717) is 6.54 Å². The summed E-state index contributed by atoms with van der Waals surface area (Å²) in [4.78, 5) is 14.0. The first-order chi connectivity index (χ1) is 10.3. The Kier molecular flexibility index (Phi) is 4.01. The zero-order valence-corrected chi connectivity index (χ0v) is 11.8. The van der Waals surface area contributed by atoms with E-state index in [0.717, 1.165) is 18.7 Å². The third-order valence-corrected chi connectivity index (χ3v) is 3.67. The van der Waals surface area contributed by atoms with Crippen LogP contribution in [0, 0.1) is 0 Å². The standard InChI is InChI=1S/C18H18N2O/c21-18(19-17-9-5-2-6-10-17)20-13-11-16(12-14-20)15-7-3-1-4-8-15/h1-11H,12-14H2,(H,19,21). The molecule has 0 saturated carbocycles. The molecule has 106 valence electrons. The van der Waals surface area contributed by atoms with E-state index < -0.39 is 0 Å². The highest BCUT2D eigenvalue weighted by atomic mass is 16.2. The van der Waals surface area contributed by atoms with Crippen molar-refractivity contribution in [3.05, 3.63) is 72.3 Å². The summed E-state index contributed by atoms with van der Waals surface area (Å²) in [5.41, 5.74) is 3.40. The fourth-order valence-electron chi connectivity index (χ4n) is 2.49. The van der Waals surface area contributed by atoms with Crippen molar-refractivity contribution in [1.29, 1.82) is 0 Å². The van der Waals surface area contributed by atoms with Crippen molar-refractivity contribution in [3.8, 4) is 0 Å². The van der Waals surface area contributed by atoms with Crippen molar-refractivity contribution in [2.75, 3.05) is 18.4 Å². The number of nitrogens with zero attached hydrogens (tertiary/aromatic N) is 1. The lowest BCUT2D eigenvalue weighted by molar-refractivity contribution is 0.217. The lowest BCUT2D eigenvalue weighted by Crippen LogP contribution is -2.37. The lowest BCUT2D eigenvalue weighted by Gasteiger charge is -2.26. The first kappa shape index (κ1) is 13.4. The zero-order chi connectivity index (χ0) is 14.5. The first-order valence-electron chi connectivity index (χ1n) is 7.18. The largest absolute Gasteiger partial charge is 0.322 e. The van der Waals surface area contributed by atoms with E-state index >= 15 is 0 Å². The van der Waals surface area contributed by atoms with Gasteiger partial charge in [-0.15, -0.1) is 0 Å². The predicted octanol–water partition coefficient (Wildman–Crippen LogP) is 4.01. The number of benzene rings is 2. The topological polar surface area (TPSA) is 32.3 Å². The van der Waals surface area contributed by atoms with Crippen LogP contribution in [-0.2, 0) is 0 Å². The van der Waals surface area contributed by atoms with Crippen LogP contribution < -0.4 is 5.32 Å². The average Bonchev–Trinajstić information content (AvgIpc) is 2.57. The summed E-state index contributed by atoms with van der Waals surface area (Å²) in [6, 6.07) is 19.9. The van der Waals surface area contributed by atoms with E-state index in [4.69, 9.17) is 0 Å². The molecule has 0 bridgehead atoms. The molecule has 0 spiro atoms. The number of carbonyl (C=O) groups excluding carboxylic acids is 1. The van der Waals surface area contributed by atoms with Crippen molar-refractivity contribution in [3.63, 3.8) is 0 Å². The molecule has 1 N–H and O–H groups in total. The molecule has 0 unspecified atom stereocenters. The molecule has 0 radical (unpaired) electrons. The fourth-order valence-corrected chi connectivity index (χ4v) is 2.49. The quantitative estimate of drug-likeness (QED) is 0.884. The van der Waals surface area contributed by atoms with Gasteiger partial charge in [0.25, 0.3) is 0 Å². The van der Waals surface area contributed by atoms with Gasteiger partial charge in [-0.2, -0.15) is 0 Å². The van der Waals surface area contributed by atoms with Crippen molar-refractivity contribution in [1.82, 2.24) is 4.90 Å². The number of anilines is 1. The Morgan fingerprint density at radius 2 is 1.62 bits per heavy atom. The second kappa shape index (κ2) is 6.27. The van der Waals surface area contributed by atoms with Gasteiger partial charge in [-0.1, -0.05) is 54.6 Å². The van der Waals surface area contributed by atoms with E-state index in [2.05, 4.69) is 23.5 Å². The van der Waals surface area contributed by atoms with Crippen LogP contribution in [0.5, 0.6) is 0 Å². The molecule has 1 aliphatic heterocycles. The third-order valence-electron chi connectivity index (χ3n) is 3.67. The van der Waals surface area contributed by atoms with Gasteiger partial charge < -0.3 is 10.2 Å². The van der Waals surface area contributed by atoms with Crippen molar-refractivity contribution >= 4 is 17.3 Å². The molecular formula is C18H18N2O. The molecule has 0 aliphatic carbocycles. The maximum atomic E-state index is 12.2. The molecule has 2 aromatic rings. The minimum Gasteiger partial charge on any atom is -0.320 e. The predicted molar refractivity (Wildman–Crippen MR) is 86.1 cm³/mol. The summed E-state index contributed by atoms with van der Waals surface area (Å²) < 4.78 is 0. The number of rotatable bonds is 2. The summed E-state index contributed by atoms with van der Waals surface area (Å²) in [6.07, 6.45) is 3.04. The second-order valence-corrected chi connectivity index (χ2v) is 5.09. The molecule has 1 aliphatic rings. The summed E-state index contributed by atoms with van der Waals surface area (Å²) >= 11 is 0. The summed E-state index contributed by atoms with van der Waals surface area (Å²) in [6.45, 7) is 1.41. The Morgan fingerprint density at radius 3 is 2.24 bits per heavy atom. The van der Waals surface area contributed by atoms with Crippen molar-refractivity contribution < 1.29 is 4.79 Å². The summed E-state index contributed by atoms with van der Waals surface area (Å²) in [5.74, 6) is 0. The number of para-hydroxylation sites is 1. The fraction of sp³-hybridized carbons (Fsp3) is 0.167. The van der Waals surface area contributed by atoms with Gasteiger partial charge in [-0.25, -0.2) is 4.79 Å². The highest BCUT2D eigenvalue weighted by Crippen LogP contribution is 2.22. The van der Waals surface area contributed by atoms with Crippen LogP contribution in [0.15, 0.2) is 66.7 Å². The Balaban J connectivity index is 1.63. The Labute approximate surface area is 124 Å². The van der Waals surface area contributed by atoms with Gasteiger partial charge in [0, 0.05) is 18.8 Å². The van der Waals surface area contributed by atoms with Gasteiger partial charge in [0.15, 0.2) is 0 Å². The normalized spacial score (nSPS) is 14.5. The van der Waals surface area contributed by atoms with Crippen LogP contribution in [0.3, 0.4) is 0 Å². The molecule has 0 atom stereocenters. The first-order valence-corrected chi connectivity index (χ1v) is 7.18. The van der Waals surface area contributed by atoms with Crippen LogP contribution >= 0.6 is 0 Å². The molecule has 21 heavy (non-hydrogen) atoms.